The average molecular weight is 387 g/mol. The summed E-state index contributed by atoms with van der Waals surface area (Å²) in [4.78, 5) is 32.5. The number of rotatable bonds is 5. The van der Waals surface area contributed by atoms with E-state index in [-0.39, 0.29) is 12.0 Å². The zero-order valence-electron chi connectivity index (χ0n) is 16.4. The minimum Gasteiger partial charge on any atom is -0.368 e. The highest BCUT2D eigenvalue weighted by molar-refractivity contribution is 5.92. The molecular weight excluding hydrogens is 358 g/mol. The third kappa shape index (κ3) is 5.01. The van der Waals surface area contributed by atoms with E-state index in [0.29, 0.717) is 31.8 Å². The van der Waals surface area contributed by atoms with Crippen molar-refractivity contribution in [2.45, 2.75) is 32.4 Å². The summed E-state index contributed by atoms with van der Waals surface area (Å²) in [7, 11) is 0. The van der Waals surface area contributed by atoms with E-state index >= 15 is 0 Å². The average Bonchev–Trinajstić information content (AvgIpc) is 3.26. The SMILES string of the molecule is CCNC(=NCc1ccc(C(N)=O)cc1)N1CCN(C(=O)C2CCCO2)CC1. The van der Waals surface area contributed by atoms with Crippen LogP contribution in [0.1, 0.15) is 35.7 Å². The molecule has 2 aliphatic heterocycles. The molecular formula is C20H29N5O3. The number of guanidine groups is 1. The molecule has 1 atom stereocenters. The van der Waals surface area contributed by atoms with Crippen LogP contribution in [0.25, 0.3) is 0 Å². The first-order valence-electron chi connectivity index (χ1n) is 9.91. The smallest absolute Gasteiger partial charge is 0.251 e. The summed E-state index contributed by atoms with van der Waals surface area (Å²) in [6, 6.07) is 7.17. The lowest BCUT2D eigenvalue weighted by Gasteiger charge is -2.37. The van der Waals surface area contributed by atoms with Crippen LogP contribution < -0.4 is 11.1 Å². The lowest BCUT2D eigenvalue weighted by molar-refractivity contribution is -0.142. The molecule has 152 valence electrons. The molecule has 1 aromatic rings. The second-order valence-electron chi connectivity index (χ2n) is 7.05. The molecule has 0 aliphatic carbocycles. The first kappa shape index (κ1) is 20.1. The van der Waals surface area contributed by atoms with Gasteiger partial charge >= 0.3 is 0 Å². The molecule has 0 radical (unpaired) electrons. The monoisotopic (exact) mass is 387 g/mol. The van der Waals surface area contributed by atoms with Gasteiger partial charge in [-0.15, -0.1) is 0 Å². The van der Waals surface area contributed by atoms with E-state index in [2.05, 4.69) is 10.2 Å². The summed E-state index contributed by atoms with van der Waals surface area (Å²) < 4.78 is 5.52. The Hall–Kier alpha value is -2.61. The maximum atomic E-state index is 12.5. The normalized spacial score (nSPS) is 20.3. The minimum atomic E-state index is -0.432. The molecule has 1 unspecified atom stereocenters. The van der Waals surface area contributed by atoms with E-state index in [9.17, 15) is 9.59 Å². The Bertz CT molecular complexity index is 705. The van der Waals surface area contributed by atoms with Crippen LogP contribution >= 0.6 is 0 Å². The van der Waals surface area contributed by atoms with E-state index < -0.39 is 5.91 Å². The largest absolute Gasteiger partial charge is 0.368 e. The number of nitrogens with zero attached hydrogens (tertiary/aromatic N) is 3. The van der Waals surface area contributed by atoms with Crippen molar-refractivity contribution in [1.82, 2.24) is 15.1 Å². The quantitative estimate of drug-likeness (QED) is 0.568. The molecule has 1 aromatic carbocycles. The van der Waals surface area contributed by atoms with E-state index in [4.69, 9.17) is 15.5 Å². The van der Waals surface area contributed by atoms with Gasteiger partial charge in [0.05, 0.1) is 6.54 Å². The number of piperazine rings is 1. The molecule has 0 saturated carbocycles. The minimum absolute atomic E-state index is 0.119. The number of hydrogen-bond acceptors (Lipinski definition) is 4. The summed E-state index contributed by atoms with van der Waals surface area (Å²) in [6.07, 6.45) is 1.54. The molecule has 0 aromatic heterocycles. The van der Waals surface area contributed by atoms with E-state index in [1.807, 2.05) is 24.0 Å². The lowest BCUT2D eigenvalue weighted by atomic mass is 10.1. The summed E-state index contributed by atoms with van der Waals surface area (Å²) in [6.45, 7) is 6.84. The topological polar surface area (TPSA) is 100 Å². The van der Waals surface area contributed by atoms with E-state index in [0.717, 1.165) is 44.0 Å². The Morgan fingerprint density at radius 2 is 1.86 bits per heavy atom. The first-order valence-corrected chi connectivity index (χ1v) is 9.91. The van der Waals surface area contributed by atoms with Gasteiger partial charge in [0.1, 0.15) is 6.10 Å². The number of ether oxygens (including phenoxy) is 1. The van der Waals surface area contributed by atoms with Crippen LogP contribution in [0.15, 0.2) is 29.3 Å². The fourth-order valence-corrected chi connectivity index (χ4v) is 3.48. The fraction of sp³-hybridized carbons (Fsp3) is 0.550. The van der Waals surface area contributed by atoms with Gasteiger partial charge in [-0.25, -0.2) is 4.99 Å². The molecule has 0 bridgehead atoms. The predicted octanol–water partition coefficient (Wildman–Crippen LogP) is 0.574. The molecule has 3 N–H and O–H groups in total. The Morgan fingerprint density at radius 1 is 1.18 bits per heavy atom. The number of nitrogens with two attached hydrogens (primary N) is 1. The number of aliphatic imine (C=N–C) groups is 1. The van der Waals surface area contributed by atoms with Gasteiger partial charge in [0.15, 0.2) is 5.96 Å². The summed E-state index contributed by atoms with van der Waals surface area (Å²) in [5.74, 6) is 0.526. The molecule has 2 saturated heterocycles. The highest BCUT2D eigenvalue weighted by atomic mass is 16.5. The highest BCUT2D eigenvalue weighted by Crippen LogP contribution is 2.16. The van der Waals surface area contributed by atoms with Gasteiger partial charge in [-0.3, -0.25) is 9.59 Å². The molecule has 28 heavy (non-hydrogen) atoms. The molecule has 8 heteroatoms. The molecule has 2 fully saturated rings. The molecule has 2 heterocycles. The first-order chi connectivity index (χ1) is 13.6. The summed E-state index contributed by atoms with van der Waals surface area (Å²) in [5, 5.41) is 3.33. The van der Waals surface area contributed by atoms with Gasteiger partial charge in [-0.05, 0) is 37.5 Å². The van der Waals surface area contributed by atoms with E-state index in [1.165, 1.54) is 0 Å². The standard InChI is InChI=1S/C20H29N5O3/c1-2-22-20(23-14-15-5-7-16(8-6-15)18(21)26)25-11-9-24(10-12-25)19(27)17-4-3-13-28-17/h5-8,17H,2-4,9-14H2,1H3,(H2,21,26)(H,22,23). The third-order valence-electron chi connectivity index (χ3n) is 5.08. The Morgan fingerprint density at radius 3 is 2.43 bits per heavy atom. The van der Waals surface area contributed by atoms with Crippen molar-refractivity contribution in [1.29, 1.82) is 0 Å². The maximum absolute atomic E-state index is 12.5. The van der Waals surface area contributed by atoms with Crippen LogP contribution in [0.3, 0.4) is 0 Å². The van der Waals surface area contributed by atoms with Crippen molar-refractivity contribution in [2.75, 3.05) is 39.3 Å². The van der Waals surface area contributed by atoms with Crippen LogP contribution in [-0.2, 0) is 16.1 Å². The van der Waals surface area contributed by atoms with E-state index in [1.54, 1.807) is 12.1 Å². The molecule has 3 rings (SSSR count). The summed E-state index contributed by atoms with van der Waals surface area (Å²) in [5.41, 5.74) is 6.78. The lowest BCUT2D eigenvalue weighted by Crippen LogP contribution is -2.55. The molecule has 0 spiro atoms. The van der Waals surface area contributed by atoms with Gasteiger partial charge in [0.25, 0.3) is 5.91 Å². The van der Waals surface area contributed by atoms with Crippen molar-refractivity contribution in [3.63, 3.8) is 0 Å². The Kier molecular flexibility index (Phi) is 6.86. The van der Waals surface area contributed by atoms with Crippen LogP contribution in [-0.4, -0.2) is 73.0 Å². The molecule has 8 nitrogen and oxygen atoms in total. The van der Waals surface area contributed by atoms with Crippen molar-refractivity contribution >= 4 is 17.8 Å². The Balaban J connectivity index is 1.57. The maximum Gasteiger partial charge on any atom is 0.251 e. The zero-order chi connectivity index (χ0) is 19.9. The van der Waals surface area contributed by atoms with Crippen molar-refractivity contribution in [2.24, 2.45) is 10.7 Å². The highest BCUT2D eigenvalue weighted by Gasteiger charge is 2.30. The van der Waals surface area contributed by atoms with Gasteiger partial charge in [-0.1, -0.05) is 12.1 Å². The molecule has 2 aliphatic rings. The fourth-order valence-electron chi connectivity index (χ4n) is 3.48. The van der Waals surface area contributed by atoms with Crippen molar-refractivity contribution in [3.8, 4) is 0 Å². The second-order valence-corrected chi connectivity index (χ2v) is 7.05. The number of nitrogens with one attached hydrogen (secondary N) is 1. The number of hydrogen-bond donors (Lipinski definition) is 2. The summed E-state index contributed by atoms with van der Waals surface area (Å²) >= 11 is 0. The number of carbonyl (C=O) groups is 2. The number of amides is 2. The van der Waals surface area contributed by atoms with Crippen molar-refractivity contribution in [3.05, 3.63) is 35.4 Å². The Labute approximate surface area is 165 Å². The third-order valence-corrected chi connectivity index (χ3v) is 5.08. The van der Waals surface area contributed by atoms with Crippen LogP contribution in [0, 0.1) is 0 Å². The van der Waals surface area contributed by atoms with Gasteiger partial charge < -0.3 is 25.6 Å². The second kappa shape index (κ2) is 9.54. The van der Waals surface area contributed by atoms with Crippen molar-refractivity contribution < 1.29 is 14.3 Å². The zero-order valence-corrected chi connectivity index (χ0v) is 16.4. The van der Waals surface area contributed by atoms with Crippen LogP contribution in [0.5, 0.6) is 0 Å². The molecule has 2 amide bonds. The van der Waals surface area contributed by atoms with Gasteiger partial charge in [0.2, 0.25) is 5.91 Å². The van der Waals surface area contributed by atoms with Crippen LogP contribution in [0.4, 0.5) is 0 Å². The predicted molar refractivity (Wildman–Crippen MR) is 107 cm³/mol. The van der Waals surface area contributed by atoms with Gasteiger partial charge in [-0.2, -0.15) is 0 Å². The van der Waals surface area contributed by atoms with Gasteiger partial charge in [0, 0.05) is 44.9 Å². The van der Waals surface area contributed by atoms with Crippen LogP contribution in [0.2, 0.25) is 0 Å². The number of primary amides is 1. The number of carbonyl (C=O) groups excluding carboxylic acids is 2. The number of benzene rings is 1.